The third kappa shape index (κ3) is 7.85. The average Bonchev–Trinajstić information content (AvgIpc) is 2.76. The Bertz CT molecular complexity index is 450. The van der Waals surface area contributed by atoms with E-state index in [9.17, 15) is 0 Å². The fourth-order valence-electron chi connectivity index (χ4n) is 4.34. The van der Waals surface area contributed by atoms with Crippen molar-refractivity contribution in [2.75, 3.05) is 119 Å². The molecule has 0 aliphatic carbocycles. The van der Waals surface area contributed by atoms with E-state index in [1.807, 2.05) is 0 Å². The molecule has 2 atom stereocenters. The standard InChI is InChI=1S/C21H38N2O8/c1-5-24-9-10-26-7-3-23-4-8-27-12-11-25-6-2-22(1)13-19-15-28-17-21(30-19)18-29-16-20(14-23)31-21/h19-20H,1-18H2/t19-,20-,21?/m1/s1. The van der Waals surface area contributed by atoms with Crippen molar-refractivity contribution < 1.29 is 37.9 Å². The van der Waals surface area contributed by atoms with Gasteiger partial charge in [0.05, 0.1) is 78.3 Å². The van der Waals surface area contributed by atoms with Gasteiger partial charge in [0.25, 0.3) is 0 Å². The fourth-order valence-corrected chi connectivity index (χ4v) is 4.34. The van der Waals surface area contributed by atoms with Crippen LogP contribution in [0.25, 0.3) is 0 Å². The summed E-state index contributed by atoms with van der Waals surface area (Å²) < 4.78 is 47.9. The van der Waals surface area contributed by atoms with Crippen molar-refractivity contribution in [3.05, 3.63) is 0 Å². The number of ether oxygens (including phenoxy) is 8. The van der Waals surface area contributed by atoms with Crippen LogP contribution in [0.1, 0.15) is 0 Å². The zero-order valence-electron chi connectivity index (χ0n) is 18.5. The molecule has 4 rings (SSSR count). The first-order valence-corrected chi connectivity index (χ1v) is 11.6. The molecule has 4 aliphatic heterocycles. The number of fused-ring (bicyclic) bond motifs is 2. The van der Waals surface area contributed by atoms with Gasteiger partial charge in [0.1, 0.15) is 13.2 Å². The maximum Gasteiger partial charge on any atom is 0.216 e. The van der Waals surface area contributed by atoms with Crippen molar-refractivity contribution in [3.8, 4) is 0 Å². The average molecular weight is 447 g/mol. The van der Waals surface area contributed by atoms with Gasteiger partial charge in [0, 0.05) is 39.3 Å². The lowest BCUT2D eigenvalue weighted by Crippen LogP contribution is -2.60. The van der Waals surface area contributed by atoms with Crippen LogP contribution in [0, 0.1) is 0 Å². The summed E-state index contributed by atoms with van der Waals surface area (Å²) in [6, 6.07) is 0. The third-order valence-electron chi connectivity index (χ3n) is 5.89. The molecule has 4 fully saturated rings. The molecule has 0 aromatic carbocycles. The summed E-state index contributed by atoms with van der Waals surface area (Å²) in [6.07, 6.45) is -0.185. The molecule has 4 aliphatic rings. The highest BCUT2D eigenvalue weighted by Crippen LogP contribution is 2.28. The Morgan fingerprint density at radius 3 is 1.26 bits per heavy atom. The van der Waals surface area contributed by atoms with Crippen molar-refractivity contribution in [2.45, 2.75) is 18.0 Å². The van der Waals surface area contributed by atoms with E-state index in [0.29, 0.717) is 79.3 Å². The second-order valence-electron chi connectivity index (χ2n) is 8.47. The lowest BCUT2D eigenvalue weighted by Gasteiger charge is -2.46. The summed E-state index contributed by atoms with van der Waals surface area (Å²) >= 11 is 0. The Morgan fingerprint density at radius 2 is 0.871 bits per heavy atom. The normalized spacial score (nSPS) is 40.3. The monoisotopic (exact) mass is 446 g/mol. The highest BCUT2D eigenvalue weighted by molar-refractivity contribution is 4.84. The molecule has 4 heterocycles. The van der Waals surface area contributed by atoms with Gasteiger partial charge in [-0.3, -0.25) is 9.80 Å². The largest absolute Gasteiger partial charge is 0.378 e. The smallest absolute Gasteiger partial charge is 0.216 e. The van der Waals surface area contributed by atoms with Crippen LogP contribution in [0.2, 0.25) is 0 Å². The first kappa shape index (κ1) is 23.7. The molecular weight excluding hydrogens is 408 g/mol. The van der Waals surface area contributed by atoms with Crippen LogP contribution in [-0.4, -0.2) is 146 Å². The molecule has 0 amide bonds. The van der Waals surface area contributed by atoms with E-state index in [1.54, 1.807) is 0 Å². The highest BCUT2D eigenvalue weighted by atomic mass is 16.8. The summed E-state index contributed by atoms with van der Waals surface area (Å²) in [4.78, 5) is 4.60. The van der Waals surface area contributed by atoms with E-state index >= 15 is 0 Å². The van der Waals surface area contributed by atoms with Crippen molar-refractivity contribution in [1.82, 2.24) is 9.80 Å². The second kappa shape index (κ2) is 12.7. The molecule has 180 valence electrons. The predicted octanol–water partition coefficient (Wildman–Crippen LogP) is -0.789. The van der Waals surface area contributed by atoms with E-state index in [1.165, 1.54) is 0 Å². The first-order chi connectivity index (χ1) is 15.3. The van der Waals surface area contributed by atoms with Crippen molar-refractivity contribution in [3.63, 3.8) is 0 Å². The third-order valence-corrected chi connectivity index (χ3v) is 5.89. The van der Waals surface area contributed by atoms with Gasteiger partial charge in [0.2, 0.25) is 5.79 Å². The molecule has 0 unspecified atom stereocenters. The lowest BCUT2D eigenvalue weighted by molar-refractivity contribution is -0.371. The molecule has 1 spiro atoms. The predicted molar refractivity (Wildman–Crippen MR) is 110 cm³/mol. The molecule has 0 N–H and O–H groups in total. The Balaban J connectivity index is 1.50. The minimum absolute atomic E-state index is 0.0924. The van der Waals surface area contributed by atoms with Gasteiger partial charge in [-0.25, -0.2) is 0 Å². The maximum atomic E-state index is 6.45. The van der Waals surface area contributed by atoms with E-state index < -0.39 is 5.79 Å². The second-order valence-corrected chi connectivity index (χ2v) is 8.47. The van der Waals surface area contributed by atoms with Gasteiger partial charge in [-0.05, 0) is 0 Å². The van der Waals surface area contributed by atoms with Crippen LogP contribution in [0.5, 0.6) is 0 Å². The maximum absolute atomic E-state index is 6.45. The van der Waals surface area contributed by atoms with Crippen LogP contribution in [0.15, 0.2) is 0 Å². The quantitative estimate of drug-likeness (QED) is 0.472. The molecule has 0 aromatic heterocycles. The molecule has 0 aromatic rings. The van der Waals surface area contributed by atoms with Crippen LogP contribution < -0.4 is 0 Å². The zero-order chi connectivity index (χ0) is 21.2. The summed E-state index contributed by atoms with van der Waals surface area (Å²) in [6.45, 7) is 11.4. The Kier molecular flexibility index (Phi) is 9.76. The van der Waals surface area contributed by atoms with Crippen molar-refractivity contribution in [2.24, 2.45) is 0 Å². The fraction of sp³-hybridized carbons (Fsp3) is 1.00. The van der Waals surface area contributed by atoms with Gasteiger partial charge in [-0.15, -0.1) is 0 Å². The van der Waals surface area contributed by atoms with E-state index in [4.69, 9.17) is 37.9 Å². The molecule has 0 radical (unpaired) electrons. The van der Waals surface area contributed by atoms with Crippen LogP contribution in [0.3, 0.4) is 0 Å². The van der Waals surface area contributed by atoms with Gasteiger partial charge in [-0.1, -0.05) is 0 Å². The summed E-state index contributed by atoms with van der Waals surface area (Å²) in [5.41, 5.74) is 0. The van der Waals surface area contributed by atoms with E-state index in [-0.39, 0.29) is 12.2 Å². The van der Waals surface area contributed by atoms with Crippen LogP contribution in [-0.2, 0) is 37.9 Å². The molecule has 10 heteroatoms. The molecule has 31 heavy (non-hydrogen) atoms. The summed E-state index contributed by atoms with van der Waals surface area (Å²) in [5, 5.41) is 0. The van der Waals surface area contributed by atoms with E-state index in [0.717, 1.165) is 39.3 Å². The lowest BCUT2D eigenvalue weighted by atomic mass is 10.2. The molecule has 10 nitrogen and oxygen atoms in total. The number of rotatable bonds is 0. The van der Waals surface area contributed by atoms with Gasteiger partial charge in [0.15, 0.2) is 0 Å². The first-order valence-electron chi connectivity index (χ1n) is 11.6. The Labute approximate surface area is 184 Å². The zero-order valence-corrected chi connectivity index (χ0v) is 18.5. The van der Waals surface area contributed by atoms with Crippen molar-refractivity contribution >= 4 is 0 Å². The highest BCUT2D eigenvalue weighted by Gasteiger charge is 2.45. The van der Waals surface area contributed by atoms with Gasteiger partial charge >= 0.3 is 0 Å². The topological polar surface area (TPSA) is 80.3 Å². The van der Waals surface area contributed by atoms with Gasteiger partial charge < -0.3 is 37.9 Å². The number of hydrogen-bond acceptors (Lipinski definition) is 10. The Hall–Kier alpha value is -0.400. The van der Waals surface area contributed by atoms with E-state index in [2.05, 4.69) is 9.80 Å². The number of nitrogens with zero attached hydrogens (tertiary/aromatic N) is 2. The molecule has 4 saturated heterocycles. The minimum atomic E-state index is -0.842. The SMILES string of the molecule is C1COCCN2CCOCCOCCN(CCO1)C[C@@H]1COCC3(COC[C@@H](C2)O3)O1. The molecule has 0 saturated carbocycles. The van der Waals surface area contributed by atoms with Crippen LogP contribution in [0.4, 0.5) is 0 Å². The minimum Gasteiger partial charge on any atom is -0.378 e. The molecule has 5 bridgehead atoms. The summed E-state index contributed by atoms with van der Waals surface area (Å²) in [7, 11) is 0. The van der Waals surface area contributed by atoms with Crippen molar-refractivity contribution in [1.29, 1.82) is 0 Å². The molecular formula is C21H38N2O8. The van der Waals surface area contributed by atoms with Gasteiger partial charge in [-0.2, -0.15) is 0 Å². The summed E-state index contributed by atoms with van der Waals surface area (Å²) in [5.74, 6) is -0.842. The number of hydrogen-bond donors (Lipinski definition) is 0. The Morgan fingerprint density at radius 1 is 0.484 bits per heavy atom. The van der Waals surface area contributed by atoms with Crippen LogP contribution >= 0.6 is 0 Å².